The minimum atomic E-state index is -0.721. The molecule has 0 aliphatic carbocycles. The van der Waals surface area contributed by atoms with Gasteiger partial charge in [-0.05, 0) is 51.0 Å². The summed E-state index contributed by atoms with van der Waals surface area (Å²) < 4.78 is 17.8. The van der Waals surface area contributed by atoms with Crippen molar-refractivity contribution >= 4 is 29.8 Å². The van der Waals surface area contributed by atoms with Crippen molar-refractivity contribution in [3.05, 3.63) is 41.7 Å². The van der Waals surface area contributed by atoms with Gasteiger partial charge in [0.05, 0.1) is 42.7 Å². The summed E-state index contributed by atoms with van der Waals surface area (Å²) in [6.45, 7) is 18.0. The molecule has 1 aromatic heterocycles. The number of likely N-dealkylation sites (tertiary alicyclic amines) is 1. The lowest BCUT2D eigenvalue weighted by Crippen LogP contribution is -2.56. The molecule has 352 valence electrons. The van der Waals surface area contributed by atoms with Crippen LogP contribution >= 0.6 is 0 Å². The molecule has 2 aromatic rings. The number of likely N-dealkylation sites (N-methyl/N-ethyl adjacent to an activating group) is 1. The van der Waals surface area contributed by atoms with Crippen LogP contribution in [0.5, 0.6) is 0 Å². The molecule has 1 aromatic carbocycles. The highest BCUT2D eigenvalue weighted by Crippen LogP contribution is 2.30. The molecule has 4 rings (SSSR count). The number of hydrogen-bond acceptors (Lipinski definition) is 11. The molecule has 2 aliphatic heterocycles. The maximum atomic E-state index is 14.7. The van der Waals surface area contributed by atoms with Crippen LogP contribution in [0.15, 0.2) is 35.3 Å². The third-order valence-corrected chi connectivity index (χ3v) is 12.3. The number of nitrogens with one attached hydrogen (secondary N) is 2. The second-order valence-corrected chi connectivity index (χ2v) is 18.6. The van der Waals surface area contributed by atoms with E-state index in [1.54, 1.807) is 31.1 Å². The van der Waals surface area contributed by atoms with Gasteiger partial charge in [0, 0.05) is 74.5 Å². The molecule has 18 nitrogen and oxygen atoms in total. The average molecular weight is 882 g/mol. The van der Waals surface area contributed by atoms with Crippen molar-refractivity contribution in [2.24, 2.45) is 22.7 Å². The van der Waals surface area contributed by atoms with Crippen LogP contribution < -0.4 is 5.32 Å². The molecule has 2 saturated heterocycles. The van der Waals surface area contributed by atoms with Gasteiger partial charge < -0.3 is 44.0 Å². The fourth-order valence-electron chi connectivity index (χ4n) is 8.70. The number of aromatic nitrogens is 4. The number of aromatic amines is 1. The van der Waals surface area contributed by atoms with E-state index in [9.17, 15) is 19.2 Å². The van der Waals surface area contributed by atoms with E-state index in [-0.39, 0.29) is 48.1 Å². The zero-order valence-electron chi connectivity index (χ0n) is 40.0. The number of amides is 4. The van der Waals surface area contributed by atoms with E-state index in [1.807, 2.05) is 95.8 Å². The van der Waals surface area contributed by atoms with E-state index in [1.165, 1.54) is 0 Å². The van der Waals surface area contributed by atoms with E-state index >= 15 is 0 Å². The molecular weight excluding hydrogens is 807 g/mol. The predicted octanol–water partition coefficient (Wildman–Crippen LogP) is 4.01. The minimum Gasteiger partial charge on any atom is -0.444 e. The quantitative estimate of drug-likeness (QED) is 0.162. The molecule has 2 aliphatic rings. The summed E-state index contributed by atoms with van der Waals surface area (Å²) in [5.74, 6) is -0.290. The van der Waals surface area contributed by atoms with Crippen LogP contribution in [0.1, 0.15) is 98.5 Å². The van der Waals surface area contributed by atoms with Gasteiger partial charge in [0.1, 0.15) is 11.6 Å². The number of benzene rings is 1. The molecule has 0 spiro atoms. The van der Waals surface area contributed by atoms with Crippen LogP contribution in [-0.2, 0) is 35.0 Å². The third kappa shape index (κ3) is 13.6. The van der Waals surface area contributed by atoms with Gasteiger partial charge in [0.2, 0.25) is 17.7 Å². The second kappa shape index (κ2) is 23.2. The first-order chi connectivity index (χ1) is 29.8. The summed E-state index contributed by atoms with van der Waals surface area (Å²) >= 11 is 0. The number of H-pyrrole nitrogens is 1. The minimum absolute atomic E-state index is 0.0180. The van der Waals surface area contributed by atoms with E-state index < -0.39 is 41.9 Å². The number of methoxy groups -OCH3 is 2. The summed E-state index contributed by atoms with van der Waals surface area (Å²) in [6.07, 6.45) is 1.12. The van der Waals surface area contributed by atoms with Crippen LogP contribution in [-0.4, -0.2) is 179 Å². The Morgan fingerprint density at radius 3 is 2.14 bits per heavy atom. The maximum Gasteiger partial charge on any atom is 0.410 e. The second-order valence-electron chi connectivity index (χ2n) is 18.6. The van der Waals surface area contributed by atoms with Gasteiger partial charge in [-0.2, -0.15) is 5.21 Å². The van der Waals surface area contributed by atoms with Crippen molar-refractivity contribution in [1.29, 1.82) is 0 Å². The van der Waals surface area contributed by atoms with Crippen LogP contribution in [0.25, 0.3) is 0 Å². The van der Waals surface area contributed by atoms with Crippen molar-refractivity contribution in [2.75, 3.05) is 68.1 Å². The Morgan fingerprint density at radius 1 is 0.952 bits per heavy atom. The van der Waals surface area contributed by atoms with E-state index in [4.69, 9.17) is 19.2 Å². The highest BCUT2D eigenvalue weighted by atomic mass is 16.6. The lowest BCUT2D eigenvalue weighted by Gasteiger charge is -2.41. The number of nitrogens with zero attached hydrogens (tertiary/aromatic N) is 9. The zero-order chi connectivity index (χ0) is 46.6. The third-order valence-electron chi connectivity index (χ3n) is 12.3. The first-order valence-electron chi connectivity index (χ1n) is 22.5. The smallest absolute Gasteiger partial charge is 0.410 e. The van der Waals surface area contributed by atoms with E-state index in [0.717, 1.165) is 18.4 Å². The fraction of sp³-hybridized carbons (Fsp3) is 0.733. The summed E-state index contributed by atoms with van der Waals surface area (Å²) in [6, 6.07) is 7.73. The lowest BCUT2D eigenvalue weighted by atomic mass is 9.89. The summed E-state index contributed by atoms with van der Waals surface area (Å²) in [5, 5.41) is 17.6. The molecule has 2 fully saturated rings. The Morgan fingerprint density at radius 2 is 1.60 bits per heavy atom. The molecule has 63 heavy (non-hydrogen) atoms. The summed E-state index contributed by atoms with van der Waals surface area (Å²) in [5.41, 5.74) is 0.419. The molecular formula is C45H75N11O7. The topological polar surface area (TPSA) is 191 Å². The fourth-order valence-corrected chi connectivity index (χ4v) is 8.70. The number of carbonyl (C=O) groups excluding carboxylic acids is 4. The zero-order valence-corrected chi connectivity index (χ0v) is 40.0. The predicted molar refractivity (Wildman–Crippen MR) is 240 cm³/mol. The molecule has 4 amide bonds. The Labute approximate surface area is 374 Å². The number of hydrogen-bond donors (Lipinski definition) is 2. The number of piperazine rings is 1. The van der Waals surface area contributed by atoms with Gasteiger partial charge in [-0.3, -0.25) is 14.4 Å². The Kier molecular flexibility index (Phi) is 18.7. The number of carbonyl (C=O) groups is 4. The standard InChI is InChI=1S/C45H75N11O7/c1-14-30(4)38(53(11)42(59)37(29(2)3)47-43(52(9)10)54-23-25-55(26-24-54)44(60)63-45(6,7)8)35(61-12)28-36(57)56-22-18-21-34(56)39(62-13)31(5)41(58)46-33(40-48-50-51-49-40)27-32-19-16-15-17-20-32/h15-17,19-20,29-31,33-35,37-39H,14,18,21-28H2,1-13H3,(H,46,58)(H,48,49,50,51)/t30-,31+,33-,34-,35-,37-,38-,39+/m0/s1. The molecule has 0 bridgehead atoms. The van der Waals surface area contributed by atoms with Gasteiger partial charge in [0.15, 0.2) is 11.8 Å². The first kappa shape index (κ1) is 50.8. The number of tetrazole rings is 1. The maximum absolute atomic E-state index is 14.7. The Bertz CT molecular complexity index is 1780. The first-order valence-corrected chi connectivity index (χ1v) is 22.5. The molecule has 3 heterocycles. The monoisotopic (exact) mass is 882 g/mol. The summed E-state index contributed by atoms with van der Waals surface area (Å²) in [7, 11) is 8.77. The van der Waals surface area contributed by atoms with E-state index in [0.29, 0.717) is 57.3 Å². The van der Waals surface area contributed by atoms with E-state index in [2.05, 4.69) is 44.7 Å². The van der Waals surface area contributed by atoms with Crippen molar-refractivity contribution in [1.82, 2.24) is 50.4 Å². The number of rotatable bonds is 18. The van der Waals surface area contributed by atoms with Crippen LogP contribution in [0.3, 0.4) is 0 Å². The number of guanidine groups is 1. The van der Waals surface area contributed by atoms with Gasteiger partial charge >= 0.3 is 6.09 Å². The van der Waals surface area contributed by atoms with Crippen LogP contribution in [0.2, 0.25) is 0 Å². The molecule has 0 saturated carbocycles. The molecule has 2 N–H and O–H groups in total. The van der Waals surface area contributed by atoms with Gasteiger partial charge in [0.25, 0.3) is 0 Å². The molecule has 0 unspecified atom stereocenters. The van der Waals surface area contributed by atoms with Crippen molar-refractivity contribution in [3.8, 4) is 0 Å². The number of ether oxygens (including phenoxy) is 3. The van der Waals surface area contributed by atoms with Crippen molar-refractivity contribution in [2.45, 2.75) is 129 Å². The van der Waals surface area contributed by atoms with Crippen LogP contribution in [0.4, 0.5) is 4.79 Å². The molecule has 0 radical (unpaired) electrons. The van der Waals surface area contributed by atoms with Gasteiger partial charge in [-0.15, -0.1) is 10.2 Å². The average Bonchev–Trinajstić information content (AvgIpc) is 3.97. The summed E-state index contributed by atoms with van der Waals surface area (Å²) in [4.78, 5) is 70.3. The molecule has 18 heteroatoms. The Balaban J connectivity index is 1.49. The SMILES string of the molecule is CC[C@H](C)[C@@H]([C@H](CC(=O)N1CCC[C@H]1[C@H](OC)[C@@H](C)C(=O)N[C@@H](Cc1ccccc1)c1nn[nH]n1)OC)N(C)C(=O)[C@@H](N=C(N(C)C)N1CCN(C(=O)OC(C)(C)C)CC1)C(C)C. The van der Waals surface area contributed by atoms with Crippen molar-refractivity contribution in [3.63, 3.8) is 0 Å². The Hall–Kier alpha value is -4.84. The highest BCUT2D eigenvalue weighted by Gasteiger charge is 2.43. The largest absolute Gasteiger partial charge is 0.444 e. The highest BCUT2D eigenvalue weighted by molar-refractivity contribution is 5.88. The van der Waals surface area contributed by atoms with Crippen molar-refractivity contribution < 1.29 is 33.4 Å². The lowest BCUT2D eigenvalue weighted by molar-refractivity contribution is -0.146. The van der Waals surface area contributed by atoms with Gasteiger partial charge in [-0.1, -0.05) is 76.6 Å². The van der Waals surface area contributed by atoms with Crippen LogP contribution in [0, 0.1) is 17.8 Å². The normalized spacial score (nSPS) is 19.5. The molecule has 8 atom stereocenters. The number of aliphatic imine (C=N–C) groups is 1. The van der Waals surface area contributed by atoms with Gasteiger partial charge in [-0.25, -0.2) is 9.79 Å².